The van der Waals surface area contributed by atoms with Gasteiger partial charge in [0, 0.05) is 6.92 Å². The van der Waals surface area contributed by atoms with Crippen LogP contribution >= 0.6 is 11.6 Å². The van der Waals surface area contributed by atoms with Crippen LogP contribution in [0.15, 0.2) is 42.5 Å². The minimum absolute atomic E-state index is 0.0339. The third-order valence-corrected chi connectivity index (χ3v) is 3.35. The van der Waals surface area contributed by atoms with E-state index >= 15 is 0 Å². The fraction of sp³-hybridized carbons (Fsp3) is 0.125. The van der Waals surface area contributed by atoms with E-state index in [2.05, 4.69) is 10.6 Å². The molecular weight excluding hydrogens is 345 g/mol. The van der Waals surface area contributed by atoms with E-state index in [0.717, 1.165) is 18.2 Å². The molecule has 0 saturated heterocycles. The number of hydrogen-bond donors (Lipinski definition) is 2. The SMILES string of the molecule is CC(=O)Nc1ccccc1C(=O)Nc1cc(C(F)(F)F)ccc1Cl. The molecular formula is C16H12ClF3N2O2. The summed E-state index contributed by atoms with van der Waals surface area (Å²) in [5.41, 5.74) is -0.766. The summed E-state index contributed by atoms with van der Waals surface area (Å²) < 4.78 is 38.3. The Morgan fingerprint density at radius 1 is 1.00 bits per heavy atom. The molecule has 0 heterocycles. The highest BCUT2D eigenvalue weighted by atomic mass is 35.5. The molecule has 2 N–H and O–H groups in total. The van der Waals surface area contributed by atoms with Gasteiger partial charge in [-0.25, -0.2) is 0 Å². The standard InChI is InChI=1S/C16H12ClF3N2O2/c1-9(23)21-13-5-3-2-4-11(13)15(24)22-14-8-10(16(18,19)20)6-7-12(14)17/h2-8H,1H3,(H,21,23)(H,22,24). The van der Waals surface area contributed by atoms with Gasteiger partial charge in [-0.2, -0.15) is 13.2 Å². The monoisotopic (exact) mass is 356 g/mol. The van der Waals surface area contributed by atoms with Crippen molar-refractivity contribution >= 4 is 34.8 Å². The van der Waals surface area contributed by atoms with Crippen LogP contribution < -0.4 is 10.6 Å². The molecule has 0 saturated carbocycles. The van der Waals surface area contributed by atoms with Crippen LogP contribution in [0.4, 0.5) is 24.5 Å². The summed E-state index contributed by atoms with van der Waals surface area (Å²) in [6.45, 7) is 1.28. The molecule has 2 rings (SSSR count). The molecule has 0 spiro atoms. The van der Waals surface area contributed by atoms with Crippen molar-refractivity contribution in [1.29, 1.82) is 0 Å². The van der Waals surface area contributed by atoms with Crippen molar-refractivity contribution in [3.63, 3.8) is 0 Å². The molecule has 0 aliphatic carbocycles. The Balaban J connectivity index is 2.32. The number of alkyl halides is 3. The third kappa shape index (κ3) is 4.26. The Morgan fingerprint density at radius 3 is 2.29 bits per heavy atom. The van der Waals surface area contributed by atoms with Crippen molar-refractivity contribution in [3.05, 3.63) is 58.6 Å². The smallest absolute Gasteiger partial charge is 0.326 e. The molecule has 126 valence electrons. The summed E-state index contributed by atoms with van der Waals surface area (Å²) >= 11 is 5.85. The van der Waals surface area contributed by atoms with E-state index in [1.807, 2.05) is 0 Å². The molecule has 0 atom stereocenters. The molecule has 0 aromatic heterocycles. The van der Waals surface area contributed by atoms with E-state index in [0.29, 0.717) is 0 Å². The Morgan fingerprint density at radius 2 is 1.67 bits per heavy atom. The molecule has 0 aliphatic rings. The fourth-order valence-electron chi connectivity index (χ4n) is 1.97. The van der Waals surface area contributed by atoms with Crippen LogP contribution in [-0.2, 0) is 11.0 Å². The summed E-state index contributed by atoms with van der Waals surface area (Å²) in [6, 6.07) is 8.74. The average Bonchev–Trinajstić information content (AvgIpc) is 2.48. The van der Waals surface area contributed by atoms with Crippen LogP contribution in [0.2, 0.25) is 5.02 Å². The lowest BCUT2D eigenvalue weighted by Crippen LogP contribution is -2.17. The van der Waals surface area contributed by atoms with Gasteiger partial charge in [-0.05, 0) is 30.3 Å². The zero-order valence-corrected chi connectivity index (χ0v) is 13.1. The zero-order valence-electron chi connectivity index (χ0n) is 12.4. The van der Waals surface area contributed by atoms with E-state index in [4.69, 9.17) is 11.6 Å². The summed E-state index contributed by atoms with van der Waals surface area (Å²) in [6.07, 6.45) is -4.56. The highest BCUT2D eigenvalue weighted by Gasteiger charge is 2.31. The van der Waals surface area contributed by atoms with Crippen LogP contribution in [0.25, 0.3) is 0 Å². The van der Waals surface area contributed by atoms with Crippen LogP contribution in [0.1, 0.15) is 22.8 Å². The van der Waals surface area contributed by atoms with Crippen molar-refractivity contribution < 1.29 is 22.8 Å². The number of anilines is 2. The number of rotatable bonds is 3. The zero-order chi connectivity index (χ0) is 17.9. The minimum Gasteiger partial charge on any atom is -0.326 e. The van der Waals surface area contributed by atoms with Gasteiger partial charge >= 0.3 is 6.18 Å². The Hall–Kier alpha value is -2.54. The van der Waals surface area contributed by atoms with Crippen LogP contribution in [0.3, 0.4) is 0 Å². The number of benzene rings is 2. The maximum atomic E-state index is 12.8. The quantitative estimate of drug-likeness (QED) is 0.846. The molecule has 24 heavy (non-hydrogen) atoms. The van der Waals surface area contributed by atoms with Gasteiger partial charge in [-0.15, -0.1) is 0 Å². The second-order valence-electron chi connectivity index (χ2n) is 4.87. The first-order chi connectivity index (χ1) is 11.2. The van der Waals surface area contributed by atoms with Crippen molar-refractivity contribution in [2.45, 2.75) is 13.1 Å². The number of carbonyl (C=O) groups is 2. The summed E-state index contributed by atoms with van der Waals surface area (Å²) in [7, 11) is 0. The topological polar surface area (TPSA) is 58.2 Å². The van der Waals surface area contributed by atoms with Gasteiger partial charge in [0.1, 0.15) is 0 Å². The normalized spacial score (nSPS) is 11.0. The Kier molecular flexibility index (Phi) is 5.14. The van der Waals surface area contributed by atoms with Gasteiger partial charge in [0.25, 0.3) is 5.91 Å². The predicted octanol–water partition coefficient (Wildman–Crippen LogP) is 4.57. The van der Waals surface area contributed by atoms with E-state index in [1.54, 1.807) is 12.1 Å². The number of amides is 2. The minimum atomic E-state index is -4.56. The molecule has 0 radical (unpaired) electrons. The Labute approximate surface area is 140 Å². The van der Waals surface area contributed by atoms with Gasteiger partial charge in [0.05, 0.1) is 27.5 Å². The van der Waals surface area contributed by atoms with Gasteiger partial charge in [-0.3, -0.25) is 9.59 Å². The lowest BCUT2D eigenvalue weighted by Gasteiger charge is -2.13. The first-order valence-electron chi connectivity index (χ1n) is 6.73. The Bertz CT molecular complexity index is 791. The largest absolute Gasteiger partial charge is 0.416 e. The van der Waals surface area contributed by atoms with Crippen molar-refractivity contribution in [1.82, 2.24) is 0 Å². The van der Waals surface area contributed by atoms with E-state index in [1.165, 1.54) is 19.1 Å². The fourth-order valence-corrected chi connectivity index (χ4v) is 2.13. The number of para-hydroxylation sites is 1. The predicted molar refractivity (Wildman–Crippen MR) is 85.2 cm³/mol. The lowest BCUT2D eigenvalue weighted by molar-refractivity contribution is -0.137. The first kappa shape index (κ1) is 17.8. The molecule has 8 heteroatoms. The highest BCUT2D eigenvalue weighted by Crippen LogP contribution is 2.34. The first-order valence-corrected chi connectivity index (χ1v) is 7.11. The molecule has 0 unspecified atom stereocenters. The number of carbonyl (C=O) groups excluding carboxylic acids is 2. The van der Waals surface area contributed by atoms with Crippen molar-refractivity contribution in [2.24, 2.45) is 0 Å². The second-order valence-corrected chi connectivity index (χ2v) is 5.28. The van der Waals surface area contributed by atoms with E-state index in [-0.39, 0.29) is 27.9 Å². The number of hydrogen-bond acceptors (Lipinski definition) is 2. The summed E-state index contributed by atoms with van der Waals surface area (Å²) in [4.78, 5) is 23.5. The lowest BCUT2D eigenvalue weighted by atomic mass is 10.1. The summed E-state index contributed by atoms with van der Waals surface area (Å²) in [5, 5.41) is 4.77. The van der Waals surface area contributed by atoms with Gasteiger partial charge in [0.15, 0.2) is 0 Å². The van der Waals surface area contributed by atoms with Crippen LogP contribution in [0.5, 0.6) is 0 Å². The van der Waals surface area contributed by atoms with Gasteiger partial charge in [0.2, 0.25) is 5.91 Å². The van der Waals surface area contributed by atoms with Crippen molar-refractivity contribution in [3.8, 4) is 0 Å². The molecule has 0 bridgehead atoms. The molecule has 2 aromatic carbocycles. The summed E-state index contributed by atoms with van der Waals surface area (Å²) in [5.74, 6) is -1.08. The molecule has 0 aliphatic heterocycles. The van der Waals surface area contributed by atoms with Gasteiger partial charge < -0.3 is 10.6 Å². The molecule has 2 aromatic rings. The van der Waals surface area contributed by atoms with Crippen LogP contribution in [-0.4, -0.2) is 11.8 Å². The molecule has 4 nitrogen and oxygen atoms in total. The molecule has 0 fully saturated rings. The maximum Gasteiger partial charge on any atom is 0.416 e. The maximum absolute atomic E-state index is 12.8. The van der Waals surface area contributed by atoms with Gasteiger partial charge in [-0.1, -0.05) is 23.7 Å². The number of halogens is 4. The third-order valence-electron chi connectivity index (χ3n) is 3.02. The van der Waals surface area contributed by atoms with E-state index < -0.39 is 17.6 Å². The average molecular weight is 357 g/mol. The van der Waals surface area contributed by atoms with Crippen LogP contribution in [0, 0.1) is 0 Å². The van der Waals surface area contributed by atoms with E-state index in [9.17, 15) is 22.8 Å². The highest BCUT2D eigenvalue weighted by molar-refractivity contribution is 6.34. The molecule has 2 amide bonds. The number of nitrogens with one attached hydrogen (secondary N) is 2. The second kappa shape index (κ2) is 6.92. The van der Waals surface area contributed by atoms with Crippen molar-refractivity contribution in [2.75, 3.05) is 10.6 Å².